The van der Waals surface area contributed by atoms with E-state index in [1.807, 2.05) is 0 Å². The summed E-state index contributed by atoms with van der Waals surface area (Å²) >= 11 is 0. The Hall–Kier alpha value is 0.234. The van der Waals surface area contributed by atoms with E-state index in [1.165, 1.54) is 25.7 Å². The lowest BCUT2D eigenvalue weighted by Gasteiger charge is -2.32. The highest BCUT2D eigenvalue weighted by atomic mass is 28.2. The van der Waals surface area contributed by atoms with Crippen LogP contribution in [0.25, 0.3) is 0 Å². The van der Waals surface area contributed by atoms with E-state index in [0.29, 0.717) is 0 Å². The number of unbranched alkanes of at least 4 members (excludes halogenated alkanes) is 2. The Kier molecular flexibility index (Phi) is 17.1. The standard InChI is InChI=1S/C21H49NO4Si2/c1-9-11-13-19(27-25-15(3)4)23-17(7)21(22)18(8)24-20(14-12-10-2)28-26-16(5)6/h15-21H,9-14,22,27-28H2,1-8H3. The van der Waals surface area contributed by atoms with E-state index in [0.717, 1.165) is 12.8 Å². The minimum absolute atomic E-state index is 0.0420. The van der Waals surface area contributed by atoms with Gasteiger partial charge in [-0.25, -0.2) is 0 Å². The Balaban J connectivity index is 4.67. The monoisotopic (exact) mass is 435 g/mol. The fraction of sp³-hybridized carbons (Fsp3) is 1.00. The van der Waals surface area contributed by atoms with Crippen molar-refractivity contribution in [3.8, 4) is 0 Å². The van der Waals surface area contributed by atoms with Crippen LogP contribution in [0.2, 0.25) is 0 Å². The maximum Gasteiger partial charge on any atom is 0.190 e. The minimum atomic E-state index is -0.724. The SMILES string of the molecule is CCCCC(OC(C)C(N)C(C)OC(CCCC)[SiH2]OC(C)C)[SiH2]OC(C)C. The van der Waals surface area contributed by atoms with Gasteiger partial charge in [0.15, 0.2) is 19.5 Å². The van der Waals surface area contributed by atoms with Gasteiger partial charge in [-0.1, -0.05) is 39.5 Å². The molecule has 0 aliphatic rings. The summed E-state index contributed by atoms with van der Waals surface area (Å²) < 4.78 is 24.6. The van der Waals surface area contributed by atoms with Crippen LogP contribution in [0.5, 0.6) is 0 Å². The molecule has 0 saturated carbocycles. The molecule has 0 aromatic rings. The third-order valence-electron chi connectivity index (χ3n) is 4.89. The second-order valence-corrected chi connectivity index (χ2v) is 11.7. The highest BCUT2D eigenvalue weighted by Crippen LogP contribution is 2.15. The molecule has 0 bridgehead atoms. The molecule has 0 spiro atoms. The van der Waals surface area contributed by atoms with Crippen LogP contribution in [0.3, 0.4) is 0 Å². The van der Waals surface area contributed by atoms with Crippen molar-refractivity contribution in [2.45, 2.75) is 136 Å². The topological polar surface area (TPSA) is 62.9 Å². The largest absolute Gasteiger partial charge is 0.419 e. The average Bonchev–Trinajstić information content (AvgIpc) is 2.64. The second kappa shape index (κ2) is 17.0. The molecule has 4 atom stereocenters. The van der Waals surface area contributed by atoms with Gasteiger partial charge < -0.3 is 24.1 Å². The fourth-order valence-corrected chi connectivity index (χ4v) is 5.89. The van der Waals surface area contributed by atoms with Crippen LogP contribution >= 0.6 is 0 Å². The van der Waals surface area contributed by atoms with Crippen molar-refractivity contribution in [1.82, 2.24) is 0 Å². The van der Waals surface area contributed by atoms with Crippen molar-refractivity contribution in [2.24, 2.45) is 5.73 Å². The lowest BCUT2D eigenvalue weighted by molar-refractivity contribution is -0.0490. The molecule has 7 heteroatoms. The molecule has 170 valence electrons. The van der Waals surface area contributed by atoms with Crippen molar-refractivity contribution in [3.05, 3.63) is 0 Å². The molecule has 0 rings (SSSR count). The summed E-state index contributed by atoms with van der Waals surface area (Å²) in [7, 11) is -1.45. The van der Waals surface area contributed by atoms with E-state index < -0.39 is 19.5 Å². The minimum Gasteiger partial charge on any atom is -0.419 e. The Morgan fingerprint density at radius 1 is 0.679 bits per heavy atom. The van der Waals surface area contributed by atoms with Gasteiger partial charge in [-0.15, -0.1) is 0 Å². The van der Waals surface area contributed by atoms with Gasteiger partial charge >= 0.3 is 0 Å². The first kappa shape index (κ1) is 28.2. The van der Waals surface area contributed by atoms with Gasteiger partial charge in [-0.2, -0.15) is 0 Å². The first-order chi connectivity index (χ1) is 13.2. The Morgan fingerprint density at radius 2 is 1.04 bits per heavy atom. The zero-order valence-corrected chi connectivity index (χ0v) is 22.7. The number of nitrogens with two attached hydrogens (primary N) is 1. The van der Waals surface area contributed by atoms with Crippen molar-refractivity contribution in [2.75, 3.05) is 0 Å². The molecule has 0 aliphatic heterocycles. The summed E-state index contributed by atoms with van der Waals surface area (Å²) in [5.41, 5.74) is 6.98. The van der Waals surface area contributed by atoms with Gasteiger partial charge in [0.2, 0.25) is 0 Å². The van der Waals surface area contributed by atoms with E-state index in [4.69, 9.17) is 24.1 Å². The highest BCUT2D eigenvalue weighted by molar-refractivity contribution is 6.29. The lowest BCUT2D eigenvalue weighted by Crippen LogP contribution is -2.48. The molecule has 0 aliphatic carbocycles. The molecular formula is C21H49NO4Si2. The molecule has 4 unspecified atom stereocenters. The van der Waals surface area contributed by atoms with E-state index in [2.05, 4.69) is 55.4 Å². The van der Waals surface area contributed by atoms with Crippen LogP contribution in [0, 0.1) is 0 Å². The van der Waals surface area contributed by atoms with Crippen LogP contribution in [0.15, 0.2) is 0 Å². The maximum atomic E-state index is 6.53. The molecule has 28 heavy (non-hydrogen) atoms. The van der Waals surface area contributed by atoms with Crippen molar-refractivity contribution < 1.29 is 18.3 Å². The van der Waals surface area contributed by atoms with Crippen LogP contribution < -0.4 is 5.73 Å². The van der Waals surface area contributed by atoms with Gasteiger partial charge in [0, 0.05) is 12.2 Å². The van der Waals surface area contributed by atoms with E-state index in [1.54, 1.807) is 0 Å². The van der Waals surface area contributed by atoms with Gasteiger partial charge in [0.1, 0.15) is 0 Å². The zero-order chi connectivity index (χ0) is 21.5. The van der Waals surface area contributed by atoms with Crippen LogP contribution in [0.4, 0.5) is 0 Å². The van der Waals surface area contributed by atoms with E-state index in [9.17, 15) is 0 Å². The highest BCUT2D eigenvalue weighted by Gasteiger charge is 2.27. The Bertz CT molecular complexity index is 329. The number of ether oxygens (including phenoxy) is 2. The number of hydrogen-bond donors (Lipinski definition) is 1. The fourth-order valence-electron chi connectivity index (χ4n) is 3.01. The average molecular weight is 436 g/mol. The van der Waals surface area contributed by atoms with Gasteiger partial charge in [0.25, 0.3) is 0 Å². The first-order valence-electron chi connectivity index (χ1n) is 11.5. The smallest absolute Gasteiger partial charge is 0.190 e. The van der Waals surface area contributed by atoms with Crippen LogP contribution in [-0.2, 0) is 18.3 Å². The molecule has 2 N–H and O–H groups in total. The zero-order valence-electron chi connectivity index (χ0n) is 19.9. The predicted molar refractivity (Wildman–Crippen MR) is 125 cm³/mol. The summed E-state index contributed by atoms with van der Waals surface area (Å²) in [5.74, 6) is 0. The molecule has 0 radical (unpaired) electrons. The Morgan fingerprint density at radius 3 is 1.32 bits per heavy atom. The molecule has 0 aromatic heterocycles. The summed E-state index contributed by atoms with van der Waals surface area (Å²) in [6, 6.07) is -0.144. The molecule has 5 nitrogen and oxygen atoms in total. The molecule has 0 amide bonds. The number of rotatable bonds is 18. The molecule has 0 aromatic carbocycles. The van der Waals surface area contributed by atoms with Crippen LogP contribution in [0.1, 0.15) is 93.9 Å². The predicted octanol–water partition coefficient (Wildman–Crippen LogP) is 3.17. The van der Waals surface area contributed by atoms with Crippen molar-refractivity contribution >= 4 is 19.5 Å². The van der Waals surface area contributed by atoms with Crippen molar-refractivity contribution in [1.29, 1.82) is 0 Å². The summed E-state index contributed by atoms with van der Waals surface area (Å²) in [5, 5.41) is 0. The van der Waals surface area contributed by atoms with Crippen LogP contribution in [-0.4, -0.2) is 61.4 Å². The first-order valence-corrected chi connectivity index (χ1v) is 14.3. The van der Waals surface area contributed by atoms with Gasteiger partial charge in [0.05, 0.1) is 29.7 Å². The third-order valence-corrected chi connectivity index (χ3v) is 8.55. The number of hydrogen-bond acceptors (Lipinski definition) is 5. The molecule has 0 fully saturated rings. The molecular weight excluding hydrogens is 386 g/mol. The van der Waals surface area contributed by atoms with E-state index in [-0.39, 0.29) is 41.9 Å². The third kappa shape index (κ3) is 14.3. The molecule has 0 heterocycles. The lowest BCUT2D eigenvalue weighted by atomic mass is 10.1. The van der Waals surface area contributed by atoms with Crippen molar-refractivity contribution in [3.63, 3.8) is 0 Å². The molecule has 0 saturated heterocycles. The van der Waals surface area contributed by atoms with Gasteiger partial charge in [-0.05, 0) is 54.4 Å². The normalized spacial score (nSPS) is 18.5. The quantitative estimate of drug-likeness (QED) is 0.335. The summed E-state index contributed by atoms with van der Waals surface area (Å²) in [6.07, 6.45) is 7.29. The Labute approximate surface area is 179 Å². The van der Waals surface area contributed by atoms with Gasteiger partial charge in [-0.3, -0.25) is 0 Å². The summed E-state index contributed by atoms with van der Waals surface area (Å²) in [6.45, 7) is 17.0. The van der Waals surface area contributed by atoms with E-state index >= 15 is 0 Å². The maximum absolute atomic E-state index is 6.53. The summed E-state index contributed by atoms with van der Waals surface area (Å²) in [4.78, 5) is 0. The second-order valence-electron chi connectivity index (χ2n) is 8.55.